The van der Waals surface area contributed by atoms with E-state index in [1.807, 2.05) is 48.5 Å². The normalized spacial score (nSPS) is 29.0. The van der Waals surface area contributed by atoms with E-state index in [1.54, 1.807) is 9.13 Å². The molecule has 8 heteroatoms. The molecule has 3 aliphatic heterocycles. The van der Waals surface area contributed by atoms with Gasteiger partial charge in [0.05, 0.1) is 34.7 Å². The van der Waals surface area contributed by atoms with Crippen molar-refractivity contribution in [2.75, 3.05) is 7.11 Å². The summed E-state index contributed by atoms with van der Waals surface area (Å²) in [5.41, 5.74) is -0.604. The Bertz CT molecular complexity index is 1920. The van der Waals surface area contributed by atoms with Crippen LogP contribution in [-0.4, -0.2) is 38.8 Å². The lowest BCUT2D eigenvalue weighted by Gasteiger charge is -2.37. The van der Waals surface area contributed by atoms with Crippen molar-refractivity contribution in [2.45, 2.75) is 37.4 Å². The highest BCUT2D eigenvalue weighted by Gasteiger charge is 2.65. The summed E-state index contributed by atoms with van der Waals surface area (Å²) in [6, 6.07) is 15.0. The highest BCUT2D eigenvalue weighted by atomic mass is 16.6. The fraction of sp³-hybridized carbons (Fsp3) is 0.259. The van der Waals surface area contributed by atoms with E-state index in [4.69, 9.17) is 12.2 Å². The molecule has 0 saturated carbocycles. The van der Waals surface area contributed by atoms with Gasteiger partial charge in [-0.05, 0) is 24.6 Å². The molecule has 3 aromatic carbocycles. The van der Waals surface area contributed by atoms with Crippen molar-refractivity contribution in [2.24, 2.45) is 0 Å². The van der Waals surface area contributed by atoms with Gasteiger partial charge in [0.25, 0.3) is 5.91 Å². The zero-order valence-electron chi connectivity index (χ0n) is 20.9. The van der Waals surface area contributed by atoms with Crippen LogP contribution in [-0.2, 0) is 26.5 Å². The molecule has 8 rings (SSSR count). The van der Waals surface area contributed by atoms with Crippen molar-refractivity contribution in [3.63, 3.8) is 0 Å². The number of esters is 1. The summed E-state index contributed by atoms with van der Waals surface area (Å²) in [6.45, 7) is 1.86. The first kappa shape index (κ1) is 17.5. The van der Waals surface area contributed by atoms with Gasteiger partial charge in [-0.2, -0.15) is 0 Å². The van der Waals surface area contributed by atoms with Gasteiger partial charge in [0.2, 0.25) is 5.60 Å². The SMILES string of the molecule is [2H]C1([2H])[C@H]2O[C@](C)(n3c4ccccc4c4c5c(c6c7ccccc7n2c6c43)C(=O)NC5)[C@@]1(O)C(=O)OC. The zero-order valence-corrected chi connectivity index (χ0v) is 18.9. The van der Waals surface area contributed by atoms with E-state index in [-0.39, 0.29) is 5.91 Å². The second-order valence-electron chi connectivity index (χ2n) is 9.52. The third kappa shape index (κ3) is 1.89. The largest absolute Gasteiger partial charge is 0.467 e. The number of nitrogens with one attached hydrogen (secondary N) is 1. The van der Waals surface area contributed by atoms with Gasteiger partial charge in [-0.1, -0.05) is 36.4 Å². The molecule has 0 unspecified atom stereocenters. The quantitative estimate of drug-likeness (QED) is 0.366. The Balaban J connectivity index is 1.76. The first-order valence-electron chi connectivity index (χ1n) is 12.5. The first-order valence-corrected chi connectivity index (χ1v) is 11.5. The van der Waals surface area contributed by atoms with Crippen LogP contribution in [0.2, 0.25) is 0 Å². The summed E-state index contributed by atoms with van der Waals surface area (Å²) in [5.74, 6) is -1.31. The molecule has 3 atom stereocenters. The maximum absolute atomic E-state index is 13.3. The lowest BCUT2D eigenvalue weighted by Crippen LogP contribution is -2.56. The van der Waals surface area contributed by atoms with E-state index in [0.717, 1.165) is 28.8 Å². The fourth-order valence-corrected chi connectivity index (χ4v) is 6.54. The molecule has 5 heterocycles. The van der Waals surface area contributed by atoms with E-state index >= 15 is 0 Å². The second-order valence-corrected chi connectivity index (χ2v) is 9.52. The number of aromatic nitrogens is 2. The molecule has 174 valence electrons. The average molecular weight is 469 g/mol. The number of amides is 1. The summed E-state index contributed by atoms with van der Waals surface area (Å²) in [7, 11) is 1.13. The molecular weight excluding hydrogens is 446 g/mol. The Morgan fingerprint density at radius 3 is 2.57 bits per heavy atom. The number of para-hydroxylation sites is 2. The molecule has 2 bridgehead atoms. The van der Waals surface area contributed by atoms with Crippen molar-refractivity contribution in [3.05, 3.63) is 59.7 Å². The number of aliphatic hydroxyl groups is 1. The molecule has 1 saturated heterocycles. The third-order valence-corrected chi connectivity index (χ3v) is 8.00. The van der Waals surface area contributed by atoms with Gasteiger partial charge in [-0.15, -0.1) is 0 Å². The van der Waals surface area contributed by atoms with Crippen LogP contribution in [0, 0.1) is 0 Å². The third-order valence-electron chi connectivity index (χ3n) is 8.00. The van der Waals surface area contributed by atoms with Gasteiger partial charge in [0.15, 0.2) is 5.72 Å². The van der Waals surface area contributed by atoms with Crippen LogP contribution in [0.15, 0.2) is 48.5 Å². The molecule has 0 aliphatic carbocycles. The summed E-state index contributed by atoms with van der Waals surface area (Å²) < 4.78 is 33.3. The Hall–Kier alpha value is -3.88. The second kappa shape index (κ2) is 5.84. The van der Waals surface area contributed by atoms with Crippen molar-refractivity contribution < 1.29 is 26.9 Å². The van der Waals surface area contributed by atoms with E-state index in [1.165, 1.54) is 6.92 Å². The highest BCUT2D eigenvalue weighted by molar-refractivity contribution is 6.31. The fourth-order valence-electron chi connectivity index (χ4n) is 6.54. The van der Waals surface area contributed by atoms with Gasteiger partial charge >= 0.3 is 5.97 Å². The molecule has 8 nitrogen and oxygen atoms in total. The monoisotopic (exact) mass is 469 g/mol. The summed E-state index contributed by atoms with van der Waals surface area (Å²) in [5, 5.41) is 18.2. The van der Waals surface area contributed by atoms with Gasteiger partial charge in [-0.25, -0.2) is 4.79 Å². The number of carbonyl (C=O) groups is 2. The number of hydrogen-bond acceptors (Lipinski definition) is 5. The van der Waals surface area contributed by atoms with Gasteiger partial charge in [0, 0.05) is 37.2 Å². The van der Waals surface area contributed by atoms with Gasteiger partial charge in [0.1, 0.15) is 6.23 Å². The standard InChI is InChI=1S/C27H21N3O5/c1-26-27(33,25(32)34-2)11-18(35-26)29-16-9-5-3-7-13(16)20-21-15(12-28-24(21)31)19-14-8-4-6-10-17(14)30(26)23(19)22(20)29/h3-10,18,33H,11-12H2,1-2H3,(H,28,31)/t18-,26+,27+/m1/s1/i11D2. The highest BCUT2D eigenvalue weighted by Crippen LogP contribution is 2.57. The topological polar surface area (TPSA) is 94.7 Å². The molecule has 35 heavy (non-hydrogen) atoms. The molecular formula is C27H21N3O5. The molecule has 0 radical (unpaired) electrons. The number of fused-ring (bicyclic) bond motifs is 13. The van der Waals surface area contributed by atoms with Crippen molar-refractivity contribution in [3.8, 4) is 0 Å². The maximum Gasteiger partial charge on any atom is 0.343 e. The number of nitrogens with zero attached hydrogens (tertiary/aromatic N) is 2. The Labute approximate surface area is 201 Å². The Morgan fingerprint density at radius 2 is 1.83 bits per heavy atom. The molecule has 3 aliphatic rings. The van der Waals surface area contributed by atoms with Crippen LogP contribution >= 0.6 is 0 Å². The smallest absolute Gasteiger partial charge is 0.343 e. The Morgan fingerprint density at radius 1 is 1.14 bits per heavy atom. The number of hydrogen-bond donors (Lipinski definition) is 2. The molecule has 2 N–H and O–H groups in total. The first-order chi connectivity index (χ1) is 17.7. The number of methoxy groups -OCH3 is 1. The van der Waals surface area contributed by atoms with Gasteiger partial charge < -0.3 is 29.0 Å². The van der Waals surface area contributed by atoms with Crippen LogP contribution in [0.3, 0.4) is 0 Å². The van der Waals surface area contributed by atoms with E-state index in [9.17, 15) is 14.7 Å². The number of benzene rings is 3. The van der Waals surface area contributed by atoms with Crippen LogP contribution in [0.5, 0.6) is 0 Å². The predicted molar refractivity (Wildman–Crippen MR) is 129 cm³/mol. The van der Waals surface area contributed by atoms with Gasteiger partial charge in [-0.3, -0.25) is 4.79 Å². The minimum absolute atomic E-state index is 0.188. The Kier molecular flexibility index (Phi) is 2.93. The predicted octanol–water partition coefficient (Wildman–Crippen LogP) is 3.66. The van der Waals surface area contributed by atoms with E-state index in [2.05, 4.69) is 5.32 Å². The van der Waals surface area contributed by atoms with Crippen molar-refractivity contribution in [1.82, 2.24) is 14.5 Å². The molecule has 0 spiro atoms. The maximum atomic E-state index is 13.3. The molecule has 2 aromatic heterocycles. The van der Waals surface area contributed by atoms with Crippen LogP contribution in [0.4, 0.5) is 0 Å². The lowest BCUT2D eigenvalue weighted by molar-refractivity contribution is -0.202. The van der Waals surface area contributed by atoms with Crippen LogP contribution < -0.4 is 5.32 Å². The van der Waals surface area contributed by atoms with Crippen LogP contribution in [0.25, 0.3) is 43.6 Å². The summed E-state index contributed by atoms with van der Waals surface area (Å²) in [4.78, 5) is 26.6. The van der Waals surface area contributed by atoms with Crippen LogP contribution in [0.1, 0.15) is 38.2 Å². The number of ether oxygens (including phenoxy) is 2. The molecule has 1 amide bonds. The minimum atomic E-state index is -2.70. The lowest BCUT2D eigenvalue weighted by atomic mass is 9.88. The number of carbonyl (C=O) groups excluding carboxylic acids is 2. The van der Waals surface area contributed by atoms with Crippen molar-refractivity contribution >= 4 is 55.5 Å². The zero-order chi connectivity index (χ0) is 25.6. The number of rotatable bonds is 1. The summed E-state index contributed by atoms with van der Waals surface area (Å²) >= 11 is 0. The van der Waals surface area contributed by atoms with E-state index in [0.29, 0.717) is 39.6 Å². The molecule has 1 fully saturated rings. The van der Waals surface area contributed by atoms with E-state index < -0.39 is 29.9 Å². The van der Waals surface area contributed by atoms with Crippen molar-refractivity contribution in [1.29, 1.82) is 0 Å². The average Bonchev–Trinajstić information content (AvgIpc) is 3.56. The summed E-state index contributed by atoms with van der Waals surface area (Å²) in [6.07, 6.45) is -4.01. The minimum Gasteiger partial charge on any atom is -0.467 e. The molecule has 5 aromatic rings.